The van der Waals surface area contributed by atoms with E-state index in [0.717, 1.165) is 22.0 Å². The Balaban J connectivity index is 1.56. The Kier molecular flexibility index (Phi) is 5.89. The monoisotopic (exact) mass is 364 g/mol. The highest BCUT2D eigenvalue weighted by atomic mass is 16.5. The van der Waals surface area contributed by atoms with E-state index in [1.165, 1.54) is 7.11 Å². The number of esters is 1. The van der Waals surface area contributed by atoms with Crippen LogP contribution in [0.2, 0.25) is 0 Å². The standard InChI is InChI=1S/C21H20N2O4/c1-26-20(24)18-12-16(13-19-17(18)9-11-22-19)8-5-10-23-21(25)27-14-15-6-3-2-4-7-15/h2-9,11-13,22H,10,14H2,1H3,(H,23,25). The molecular formula is C21H20N2O4. The van der Waals surface area contributed by atoms with E-state index in [-0.39, 0.29) is 6.61 Å². The molecule has 2 N–H and O–H groups in total. The molecule has 0 aliphatic heterocycles. The summed E-state index contributed by atoms with van der Waals surface area (Å²) in [6, 6.07) is 15.0. The molecule has 0 aliphatic carbocycles. The third-order valence-corrected chi connectivity index (χ3v) is 3.98. The third-order valence-electron chi connectivity index (χ3n) is 3.98. The van der Waals surface area contributed by atoms with E-state index in [2.05, 4.69) is 10.3 Å². The van der Waals surface area contributed by atoms with Gasteiger partial charge < -0.3 is 19.8 Å². The van der Waals surface area contributed by atoms with Crippen molar-refractivity contribution in [3.8, 4) is 0 Å². The van der Waals surface area contributed by atoms with E-state index in [1.807, 2.05) is 48.5 Å². The predicted octanol–water partition coefficient (Wildman–Crippen LogP) is 3.89. The van der Waals surface area contributed by atoms with Gasteiger partial charge in [-0.25, -0.2) is 9.59 Å². The number of aromatic amines is 1. The number of fused-ring (bicyclic) bond motifs is 1. The molecule has 6 heteroatoms. The lowest BCUT2D eigenvalue weighted by atomic mass is 10.1. The Morgan fingerprint density at radius 1 is 1.15 bits per heavy atom. The highest BCUT2D eigenvalue weighted by molar-refractivity contribution is 6.04. The molecular weight excluding hydrogens is 344 g/mol. The van der Waals surface area contributed by atoms with Crippen LogP contribution < -0.4 is 5.32 Å². The minimum atomic E-state index is -0.487. The Labute approximate surface area is 156 Å². The lowest BCUT2D eigenvalue weighted by molar-refractivity contribution is 0.0603. The van der Waals surface area contributed by atoms with Crippen LogP contribution >= 0.6 is 0 Å². The molecule has 0 spiro atoms. The van der Waals surface area contributed by atoms with Gasteiger partial charge in [0, 0.05) is 23.6 Å². The van der Waals surface area contributed by atoms with E-state index >= 15 is 0 Å². The number of amides is 1. The number of benzene rings is 2. The zero-order chi connectivity index (χ0) is 19.1. The molecule has 2 aromatic carbocycles. The lowest BCUT2D eigenvalue weighted by Crippen LogP contribution is -2.24. The first-order valence-corrected chi connectivity index (χ1v) is 8.48. The topological polar surface area (TPSA) is 80.4 Å². The summed E-state index contributed by atoms with van der Waals surface area (Å²) in [6.07, 6.45) is 4.90. The summed E-state index contributed by atoms with van der Waals surface area (Å²) in [6.45, 7) is 0.534. The highest BCUT2D eigenvalue weighted by Crippen LogP contribution is 2.21. The van der Waals surface area contributed by atoms with E-state index in [4.69, 9.17) is 9.47 Å². The smallest absolute Gasteiger partial charge is 0.407 e. The molecule has 3 rings (SSSR count). The van der Waals surface area contributed by atoms with Crippen molar-refractivity contribution in [1.82, 2.24) is 10.3 Å². The van der Waals surface area contributed by atoms with Crippen molar-refractivity contribution >= 4 is 29.0 Å². The summed E-state index contributed by atoms with van der Waals surface area (Å²) >= 11 is 0. The van der Waals surface area contributed by atoms with Crippen LogP contribution in [0.1, 0.15) is 21.5 Å². The van der Waals surface area contributed by atoms with Crippen molar-refractivity contribution < 1.29 is 19.1 Å². The first-order chi connectivity index (χ1) is 13.2. The molecule has 0 saturated heterocycles. The van der Waals surface area contributed by atoms with Gasteiger partial charge in [0.15, 0.2) is 0 Å². The Morgan fingerprint density at radius 2 is 1.96 bits per heavy atom. The van der Waals surface area contributed by atoms with Crippen molar-refractivity contribution in [2.45, 2.75) is 6.61 Å². The summed E-state index contributed by atoms with van der Waals surface area (Å²) in [5.74, 6) is -0.391. The number of alkyl carbamates (subject to hydrolysis) is 1. The zero-order valence-electron chi connectivity index (χ0n) is 14.9. The van der Waals surface area contributed by atoms with Gasteiger partial charge >= 0.3 is 12.1 Å². The lowest BCUT2D eigenvalue weighted by Gasteiger charge is -2.05. The van der Waals surface area contributed by atoms with Crippen molar-refractivity contribution in [3.05, 3.63) is 77.5 Å². The maximum Gasteiger partial charge on any atom is 0.407 e. The first-order valence-electron chi connectivity index (χ1n) is 8.48. The molecule has 1 aromatic heterocycles. The number of aromatic nitrogens is 1. The molecule has 27 heavy (non-hydrogen) atoms. The number of carbonyl (C=O) groups is 2. The molecule has 0 atom stereocenters. The van der Waals surface area contributed by atoms with Crippen molar-refractivity contribution in [1.29, 1.82) is 0 Å². The number of ether oxygens (including phenoxy) is 2. The largest absolute Gasteiger partial charge is 0.465 e. The quantitative estimate of drug-likeness (QED) is 0.650. The van der Waals surface area contributed by atoms with Crippen molar-refractivity contribution in [2.24, 2.45) is 0 Å². The number of carbonyl (C=O) groups excluding carboxylic acids is 2. The number of rotatable bonds is 6. The number of nitrogens with one attached hydrogen (secondary N) is 2. The van der Waals surface area contributed by atoms with Gasteiger partial charge in [-0.1, -0.05) is 42.5 Å². The second-order valence-electron chi connectivity index (χ2n) is 5.84. The van der Waals surface area contributed by atoms with Crippen LogP contribution in [0.4, 0.5) is 4.79 Å². The molecule has 0 radical (unpaired) electrons. The van der Waals surface area contributed by atoms with Crippen LogP contribution in [0.25, 0.3) is 17.0 Å². The van der Waals surface area contributed by atoms with Gasteiger partial charge in [-0.15, -0.1) is 0 Å². The molecule has 3 aromatic rings. The maximum atomic E-state index is 12.0. The fourth-order valence-corrected chi connectivity index (χ4v) is 2.68. The third kappa shape index (κ3) is 4.76. The normalized spacial score (nSPS) is 10.9. The number of methoxy groups -OCH3 is 1. The number of hydrogen-bond donors (Lipinski definition) is 2. The fourth-order valence-electron chi connectivity index (χ4n) is 2.68. The van der Waals surface area contributed by atoms with Gasteiger partial charge in [-0.3, -0.25) is 0 Å². The Bertz CT molecular complexity index is 961. The van der Waals surface area contributed by atoms with Gasteiger partial charge in [-0.05, 0) is 29.3 Å². The van der Waals surface area contributed by atoms with Crippen LogP contribution in [0, 0.1) is 0 Å². The van der Waals surface area contributed by atoms with Crippen LogP contribution in [0.15, 0.2) is 60.8 Å². The van der Waals surface area contributed by atoms with Crippen molar-refractivity contribution in [2.75, 3.05) is 13.7 Å². The summed E-state index contributed by atoms with van der Waals surface area (Å²) < 4.78 is 9.98. The zero-order valence-corrected chi connectivity index (χ0v) is 14.9. The SMILES string of the molecule is COC(=O)c1cc(C=CCNC(=O)OCc2ccccc2)cc2[nH]ccc12. The number of H-pyrrole nitrogens is 1. The predicted molar refractivity (Wildman–Crippen MR) is 103 cm³/mol. The number of hydrogen-bond acceptors (Lipinski definition) is 4. The molecule has 1 heterocycles. The molecule has 138 valence electrons. The van der Waals surface area contributed by atoms with E-state index in [1.54, 1.807) is 18.3 Å². The van der Waals surface area contributed by atoms with Crippen LogP contribution in [-0.4, -0.2) is 30.7 Å². The summed E-state index contributed by atoms with van der Waals surface area (Å²) in [4.78, 5) is 26.8. The fraction of sp³-hybridized carbons (Fsp3) is 0.143. The average Bonchev–Trinajstić information content (AvgIpc) is 3.18. The summed E-state index contributed by atoms with van der Waals surface area (Å²) in [5.41, 5.74) is 3.08. The Morgan fingerprint density at radius 3 is 2.74 bits per heavy atom. The molecule has 0 unspecified atom stereocenters. The average molecular weight is 364 g/mol. The first kappa shape index (κ1) is 18.3. The molecule has 0 aliphatic rings. The minimum Gasteiger partial charge on any atom is -0.465 e. The molecule has 6 nitrogen and oxygen atoms in total. The summed E-state index contributed by atoms with van der Waals surface area (Å²) in [5, 5.41) is 3.46. The molecule has 0 bridgehead atoms. The van der Waals surface area contributed by atoms with Gasteiger partial charge in [0.2, 0.25) is 0 Å². The van der Waals surface area contributed by atoms with E-state index in [0.29, 0.717) is 12.1 Å². The van der Waals surface area contributed by atoms with Gasteiger partial charge in [-0.2, -0.15) is 0 Å². The Hall–Kier alpha value is -3.54. The second kappa shape index (κ2) is 8.71. The van der Waals surface area contributed by atoms with Gasteiger partial charge in [0.25, 0.3) is 0 Å². The highest BCUT2D eigenvalue weighted by Gasteiger charge is 2.12. The van der Waals surface area contributed by atoms with Crippen LogP contribution in [0.3, 0.4) is 0 Å². The second-order valence-corrected chi connectivity index (χ2v) is 5.84. The van der Waals surface area contributed by atoms with E-state index < -0.39 is 12.1 Å². The molecule has 1 amide bonds. The van der Waals surface area contributed by atoms with Crippen molar-refractivity contribution in [3.63, 3.8) is 0 Å². The maximum absolute atomic E-state index is 12.0. The molecule has 0 fully saturated rings. The summed E-state index contributed by atoms with van der Waals surface area (Å²) in [7, 11) is 1.36. The van der Waals surface area contributed by atoms with Gasteiger partial charge in [0.05, 0.1) is 12.7 Å². The minimum absolute atomic E-state index is 0.225. The van der Waals surface area contributed by atoms with Crippen LogP contribution in [0.5, 0.6) is 0 Å². The van der Waals surface area contributed by atoms with Gasteiger partial charge in [0.1, 0.15) is 6.61 Å². The van der Waals surface area contributed by atoms with E-state index in [9.17, 15) is 9.59 Å². The molecule has 0 saturated carbocycles. The van der Waals surface area contributed by atoms with Crippen LogP contribution in [-0.2, 0) is 16.1 Å².